The molecule has 27 heavy (non-hydrogen) atoms. The molecule has 5 nitrogen and oxygen atoms in total. The molecule has 2 atom stereocenters. The van der Waals surface area contributed by atoms with Crippen molar-refractivity contribution in [2.45, 2.75) is 32.5 Å². The average Bonchev–Trinajstić information content (AvgIpc) is 3.12. The van der Waals surface area contributed by atoms with Gasteiger partial charge < -0.3 is 15.2 Å². The fourth-order valence-corrected chi connectivity index (χ4v) is 4.84. The predicted molar refractivity (Wildman–Crippen MR) is 118 cm³/mol. The number of halogens is 1. The van der Waals surface area contributed by atoms with Gasteiger partial charge in [-0.1, -0.05) is 12.1 Å². The maximum atomic E-state index is 5.73. The van der Waals surface area contributed by atoms with Gasteiger partial charge in [-0.2, -0.15) is 0 Å². The molecule has 0 aliphatic carbocycles. The summed E-state index contributed by atoms with van der Waals surface area (Å²) < 4.78 is 1.24. The van der Waals surface area contributed by atoms with Crippen molar-refractivity contribution in [1.82, 2.24) is 25.2 Å². The van der Waals surface area contributed by atoms with Crippen molar-refractivity contribution in [2.75, 3.05) is 0 Å². The van der Waals surface area contributed by atoms with Crippen LogP contribution in [0.25, 0.3) is 0 Å². The summed E-state index contributed by atoms with van der Waals surface area (Å²) in [6, 6.07) is 12.0. The molecular weight excluding hydrogens is 469 g/mol. The third kappa shape index (κ3) is 3.45. The molecule has 0 amide bonds. The number of aromatic amines is 1. The Morgan fingerprint density at radius 1 is 1.07 bits per heavy atom. The Labute approximate surface area is 177 Å². The van der Waals surface area contributed by atoms with Gasteiger partial charge in [-0.15, -0.1) is 0 Å². The van der Waals surface area contributed by atoms with E-state index in [1.165, 1.54) is 20.5 Å². The molecule has 2 N–H and O–H groups in total. The van der Waals surface area contributed by atoms with Crippen LogP contribution in [0.3, 0.4) is 0 Å². The van der Waals surface area contributed by atoms with Crippen LogP contribution in [0.4, 0.5) is 0 Å². The number of hydrogen-bond acceptors (Lipinski definition) is 3. The lowest BCUT2D eigenvalue weighted by Crippen LogP contribution is -2.29. The lowest BCUT2D eigenvalue weighted by atomic mass is 9.96. The molecule has 0 saturated carbocycles. The number of nitrogens with zero attached hydrogens (tertiary/aromatic N) is 3. The lowest BCUT2D eigenvalue weighted by Gasteiger charge is -2.28. The van der Waals surface area contributed by atoms with Gasteiger partial charge in [0.1, 0.15) is 0 Å². The largest absolute Gasteiger partial charge is 0.362 e. The summed E-state index contributed by atoms with van der Waals surface area (Å²) in [7, 11) is 0. The smallest absolute Gasteiger partial charge is 0.170 e. The van der Waals surface area contributed by atoms with Gasteiger partial charge in [-0.25, -0.2) is 0 Å². The minimum Gasteiger partial charge on any atom is -0.362 e. The first-order chi connectivity index (χ1) is 13.1. The molecule has 1 saturated heterocycles. The van der Waals surface area contributed by atoms with Crippen molar-refractivity contribution >= 4 is 39.9 Å². The zero-order valence-electron chi connectivity index (χ0n) is 15.1. The Kier molecular flexibility index (Phi) is 5.14. The molecule has 1 aliphatic heterocycles. The van der Waals surface area contributed by atoms with Crippen LogP contribution < -0.4 is 5.32 Å². The Morgan fingerprint density at radius 2 is 1.81 bits per heavy atom. The Bertz CT molecular complexity index is 957. The zero-order valence-corrected chi connectivity index (χ0v) is 18.1. The minimum absolute atomic E-state index is 0.00942. The van der Waals surface area contributed by atoms with Gasteiger partial charge in [0.25, 0.3) is 0 Å². The highest BCUT2D eigenvalue weighted by Gasteiger charge is 2.42. The molecule has 0 unspecified atom stereocenters. The van der Waals surface area contributed by atoms with E-state index in [1.807, 2.05) is 42.7 Å². The summed E-state index contributed by atoms with van der Waals surface area (Å²) in [5, 5.41) is 4.23. The SMILES string of the molecule is Cc1[nH]c(C)c([C@H]2[C@H](c3ccccn3)NC(=S)N2Cc2ccccn2)c1I. The molecule has 1 aliphatic rings. The van der Waals surface area contributed by atoms with Crippen molar-refractivity contribution in [3.05, 3.63) is 80.7 Å². The number of hydrogen-bond donors (Lipinski definition) is 2. The molecule has 3 aromatic heterocycles. The van der Waals surface area contributed by atoms with Crippen LogP contribution in [0.2, 0.25) is 0 Å². The van der Waals surface area contributed by atoms with E-state index >= 15 is 0 Å². The highest BCUT2D eigenvalue weighted by atomic mass is 127. The summed E-state index contributed by atoms with van der Waals surface area (Å²) in [4.78, 5) is 14.8. The number of nitrogens with one attached hydrogen (secondary N) is 2. The molecule has 4 rings (SSSR count). The Balaban J connectivity index is 1.80. The van der Waals surface area contributed by atoms with Gasteiger partial charge in [0.2, 0.25) is 0 Å². The van der Waals surface area contributed by atoms with Crippen LogP contribution in [0, 0.1) is 17.4 Å². The van der Waals surface area contributed by atoms with E-state index in [0.717, 1.165) is 16.5 Å². The van der Waals surface area contributed by atoms with E-state index in [4.69, 9.17) is 12.2 Å². The average molecular weight is 489 g/mol. The van der Waals surface area contributed by atoms with Crippen LogP contribution >= 0.6 is 34.8 Å². The maximum Gasteiger partial charge on any atom is 0.170 e. The van der Waals surface area contributed by atoms with Crippen LogP contribution in [0.5, 0.6) is 0 Å². The summed E-state index contributed by atoms with van der Waals surface area (Å²) in [5.74, 6) is 0. The fourth-order valence-electron chi connectivity index (χ4n) is 3.68. The molecule has 7 heteroatoms. The summed E-state index contributed by atoms with van der Waals surface area (Å²) >= 11 is 8.16. The molecule has 1 fully saturated rings. The molecule has 4 heterocycles. The number of aryl methyl sites for hydroxylation is 2. The number of aromatic nitrogens is 3. The first kappa shape index (κ1) is 18.4. The van der Waals surface area contributed by atoms with Crippen molar-refractivity contribution in [1.29, 1.82) is 0 Å². The molecule has 0 radical (unpaired) electrons. The standard InChI is InChI=1S/C20H20IN5S/c1-12-16(17(21)13(2)24-12)19-18(15-8-4-6-10-23-15)25-20(27)26(19)11-14-7-3-5-9-22-14/h3-10,18-19,24H,11H2,1-2H3,(H,25,27)/t18-,19-/m0/s1. The quantitative estimate of drug-likeness (QED) is 0.425. The predicted octanol–water partition coefficient (Wildman–Crippen LogP) is 4.20. The molecule has 0 spiro atoms. The van der Waals surface area contributed by atoms with Gasteiger partial charge in [0, 0.05) is 32.9 Å². The van der Waals surface area contributed by atoms with E-state index < -0.39 is 0 Å². The second-order valence-electron chi connectivity index (χ2n) is 6.68. The van der Waals surface area contributed by atoms with Gasteiger partial charge in [0.15, 0.2) is 5.11 Å². The molecule has 0 aromatic carbocycles. The topological polar surface area (TPSA) is 56.8 Å². The minimum atomic E-state index is -0.00942. The fraction of sp³-hybridized carbons (Fsp3) is 0.250. The van der Waals surface area contributed by atoms with E-state index in [9.17, 15) is 0 Å². The molecule has 3 aromatic rings. The summed E-state index contributed by atoms with van der Waals surface area (Å²) in [6.45, 7) is 4.89. The number of thiocarbonyl (C=S) groups is 1. The van der Waals surface area contributed by atoms with Crippen molar-refractivity contribution in [2.24, 2.45) is 0 Å². The van der Waals surface area contributed by atoms with E-state index in [-0.39, 0.29) is 12.1 Å². The van der Waals surface area contributed by atoms with Crippen LogP contribution in [0.15, 0.2) is 48.8 Å². The van der Waals surface area contributed by atoms with Gasteiger partial charge >= 0.3 is 0 Å². The van der Waals surface area contributed by atoms with Crippen molar-refractivity contribution in [3.63, 3.8) is 0 Å². The number of pyridine rings is 2. The third-order valence-electron chi connectivity index (χ3n) is 4.90. The first-order valence-electron chi connectivity index (χ1n) is 8.79. The molecular formula is C20H20IN5S. The van der Waals surface area contributed by atoms with Crippen LogP contribution in [0.1, 0.15) is 40.4 Å². The lowest BCUT2D eigenvalue weighted by molar-refractivity contribution is 0.306. The first-order valence-corrected chi connectivity index (χ1v) is 10.3. The Hall–Kier alpha value is -2.00. The third-order valence-corrected chi connectivity index (χ3v) is 6.64. The maximum absolute atomic E-state index is 5.73. The Morgan fingerprint density at radius 3 is 2.41 bits per heavy atom. The number of rotatable bonds is 4. The van der Waals surface area contributed by atoms with Crippen molar-refractivity contribution < 1.29 is 0 Å². The van der Waals surface area contributed by atoms with Crippen LogP contribution in [-0.4, -0.2) is 25.0 Å². The van der Waals surface area contributed by atoms with E-state index in [0.29, 0.717) is 6.54 Å². The second-order valence-corrected chi connectivity index (χ2v) is 8.14. The number of H-pyrrole nitrogens is 1. The van der Waals surface area contributed by atoms with Gasteiger partial charge in [0.05, 0.1) is 30.0 Å². The molecule has 138 valence electrons. The zero-order chi connectivity index (χ0) is 19.0. The van der Waals surface area contributed by atoms with E-state index in [1.54, 1.807) is 0 Å². The summed E-state index contributed by atoms with van der Waals surface area (Å²) in [5.41, 5.74) is 5.60. The monoisotopic (exact) mass is 489 g/mol. The normalized spacial score (nSPS) is 19.4. The highest BCUT2D eigenvalue weighted by molar-refractivity contribution is 14.1. The highest BCUT2D eigenvalue weighted by Crippen LogP contribution is 2.42. The second kappa shape index (κ2) is 7.55. The molecule has 0 bridgehead atoms. The van der Waals surface area contributed by atoms with E-state index in [2.05, 4.69) is 67.7 Å². The van der Waals surface area contributed by atoms with Crippen molar-refractivity contribution in [3.8, 4) is 0 Å². The van der Waals surface area contributed by atoms with Gasteiger partial charge in [-0.05, 0) is 72.9 Å². The van der Waals surface area contributed by atoms with Gasteiger partial charge in [-0.3, -0.25) is 9.97 Å². The van der Waals surface area contributed by atoms with Crippen LogP contribution in [-0.2, 0) is 6.54 Å². The summed E-state index contributed by atoms with van der Waals surface area (Å²) in [6.07, 6.45) is 3.65.